The number of halogens is 1. The van der Waals surface area contributed by atoms with Gasteiger partial charge in [0.05, 0.1) is 12.9 Å². The number of anilines is 1. The number of rotatable bonds is 6. The number of aliphatic hydroxyl groups is 2. The Hall–Kier alpha value is -1.54. The monoisotopic (exact) mass is 429 g/mol. The summed E-state index contributed by atoms with van der Waals surface area (Å²) < 4.78 is 48.6. The molecule has 27 heavy (non-hydrogen) atoms. The fourth-order valence-corrected chi connectivity index (χ4v) is 4.01. The molecule has 0 bridgehead atoms. The third-order valence-corrected chi connectivity index (χ3v) is 5.71. The van der Waals surface area contributed by atoms with E-state index in [9.17, 15) is 28.4 Å². The van der Waals surface area contributed by atoms with Crippen molar-refractivity contribution < 1.29 is 46.9 Å². The molecule has 17 heteroatoms. The van der Waals surface area contributed by atoms with E-state index < -0.39 is 46.9 Å². The largest absolute Gasteiger partial charge is 0.519 e. The molecule has 1 aliphatic rings. The van der Waals surface area contributed by atoms with Gasteiger partial charge in [-0.15, -0.1) is 4.20 Å². The summed E-state index contributed by atoms with van der Waals surface area (Å²) >= 11 is 0. The second kappa shape index (κ2) is 7.13. The Morgan fingerprint density at radius 3 is 2.63 bits per heavy atom. The van der Waals surface area contributed by atoms with E-state index in [0.717, 1.165) is 6.33 Å². The Morgan fingerprint density at radius 1 is 1.26 bits per heavy atom. The molecule has 6 atom stereocenters. The van der Waals surface area contributed by atoms with Crippen LogP contribution in [0.4, 0.5) is 10.0 Å². The number of imidazole rings is 1. The number of fused-ring (bicyclic) bond motifs is 1. The van der Waals surface area contributed by atoms with Gasteiger partial charge in [0.1, 0.15) is 30.2 Å². The zero-order valence-electron chi connectivity index (χ0n) is 13.1. The molecule has 0 amide bonds. The summed E-state index contributed by atoms with van der Waals surface area (Å²) in [5, 5.41) is 20.2. The first-order chi connectivity index (χ1) is 12.5. The van der Waals surface area contributed by atoms with E-state index in [1.165, 1.54) is 10.9 Å². The average molecular weight is 429 g/mol. The number of aliphatic hydroxyl groups excluding tert-OH is 2. The van der Waals surface area contributed by atoms with E-state index in [0.29, 0.717) is 0 Å². The first-order valence-corrected chi connectivity index (χ1v) is 10.1. The lowest BCUT2D eigenvalue weighted by Gasteiger charge is -2.17. The summed E-state index contributed by atoms with van der Waals surface area (Å²) in [4.78, 5) is 29.2. The summed E-state index contributed by atoms with van der Waals surface area (Å²) in [6.45, 7) is -0.869. The standard InChI is InChI=1S/C10H14FN5O9P2/c11-26(19,20)25-27(21,22)23-1-4-6(17)7(18)10(24-4)16-3-15-5-8(12)13-2-14-9(5)16/h2-4,6-7,10,17-18H,1H2,(H,19,20)(H,21,22)(H2,12,13,14)/t4-,6?,7?,10-/m1/s1. The lowest BCUT2D eigenvalue weighted by molar-refractivity contribution is -0.0502. The number of phosphoric acid groups is 1. The van der Waals surface area contributed by atoms with Crippen molar-refractivity contribution in [3.63, 3.8) is 0 Å². The van der Waals surface area contributed by atoms with Gasteiger partial charge in [0.15, 0.2) is 17.7 Å². The third kappa shape index (κ3) is 4.32. The van der Waals surface area contributed by atoms with Crippen molar-refractivity contribution >= 4 is 32.7 Å². The molecule has 0 aromatic carbocycles. The van der Waals surface area contributed by atoms with Gasteiger partial charge in [-0.2, -0.15) is 4.31 Å². The van der Waals surface area contributed by atoms with Gasteiger partial charge in [-0.25, -0.2) is 24.1 Å². The van der Waals surface area contributed by atoms with Crippen LogP contribution in [0, 0.1) is 0 Å². The maximum Gasteiger partial charge on any atom is 0.519 e. The minimum atomic E-state index is -5.79. The first-order valence-electron chi connectivity index (χ1n) is 7.14. The van der Waals surface area contributed by atoms with Crippen LogP contribution < -0.4 is 5.73 Å². The molecule has 1 aliphatic heterocycles. The fraction of sp³-hybridized carbons (Fsp3) is 0.500. The van der Waals surface area contributed by atoms with E-state index in [4.69, 9.17) is 15.4 Å². The smallest absolute Gasteiger partial charge is 0.387 e. The number of nitrogens with two attached hydrogens (primary N) is 1. The van der Waals surface area contributed by atoms with Crippen molar-refractivity contribution in [3.05, 3.63) is 12.7 Å². The van der Waals surface area contributed by atoms with Crippen LogP contribution in [-0.4, -0.2) is 64.4 Å². The van der Waals surface area contributed by atoms with E-state index in [-0.39, 0.29) is 17.0 Å². The molecule has 3 heterocycles. The van der Waals surface area contributed by atoms with Crippen LogP contribution in [0.2, 0.25) is 0 Å². The zero-order valence-corrected chi connectivity index (χ0v) is 14.9. The van der Waals surface area contributed by atoms with Crippen molar-refractivity contribution in [1.29, 1.82) is 0 Å². The number of aromatic nitrogens is 4. The van der Waals surface area contributed by atoms with Gasteiger partial charge in [0, 0.05) is 0 Å². The van der Waals surface area contributed by atoms with Gasteiger partial charge in [0.2, 0.25) is 0 Å². The zero-order chi connectivity index (χ0) is 20.0. The highest BCUT2D eigenvalue weighted by atomic mass is 31.3. The summed E-state index contributed by atoms with van der Waals surface area (Å²) in [6, 6.07) is 0. The van der Waals surface area contributed by atoms with Crippen molar-refractivity contribution in [1.82, 2.24) is 19.5 Å². The molecule has 6 N–H and O–H groups in total. The number of hydrogen-bond donors (Lipinski definition) is 5. The molecule has 150 valence electrons. The van der Waals surface area contributed by atoms with Crippen LogP contribution in [0.3, 0.4) is 0 Å². The molecule has 2 aromatic rings. The third-order valence-electron chi connectivity index (χ3n) is 3.60. The van der Waals surface area contributed by atoms with Crippen molar-refractivity contribution in [2.45, 2.75) is 24.5 Å². The van der Waals surface area contributed by atoms with E-state index in [2.05, 4.69) is 23.8 Å². The molecule has 2 aromatic heterocycles. The van der Waals surface area contributed by atoms with Crippen LogP contribution >= 0.6 is 15.7 Å². The second-order valence-electron chi connectivity index (χ2n) is 5.43. The minimum absolute atomic E-state index is 0.0738. The molecule has 0 spiro atoms. The van der Waals surface area contributed by atoms with Crippen LogP contribution in [0.5, 0.6) is 0 Å². The van der Waals surface area contributed by atoms with Crippen LogP contribution in [0.15, 0.2) is 12.7 Å². The average Bonchev–Trinajstić information content (AvgIpc) is 3.07. The number of phosphoric ester groups is 1. The SMILES string of the molecule is Nc1ncnc2c1ncn2[C@@H]1O[C@H](COP(=O)(O)OP(=O)(O)F)C(O)C1O. The summed E-state index contributed by atoms with van der Waals surface area (Å²) in [6.07, 6.45) is -3.35. The van der Waals surface area contributed by atoms with Crippen molar-refractivity contribution in [3.8, 4) is 0 Å². The predicted octanol–water partition coefficient (Wildman–Crippen LogP) is -0.769. The Balaban J connectivity index is 1.75. The number of nitrogens with zero attached hydrogens (tertiary/aromatic N) is 4. The predicted molar refractivity (Wildman–Crippen MR) is 83.5 cm³/mol. The molecule has 0 radical (unpaired) electrons. The second-order valence-corrected chi connectivity index (χ2v) is 8.18. The molecule has 14 nitrogen and oxygen atoms in total. The molecule has 0 saturated carbocycles. The topological polar surface area (TPSA) is 212 Å². The molecule has 1 saturated heterocycles. The number of ether oxygens (including phenoxy) is 1. The Labute approximate surface area is 149 Å². The van der Waals surface area contributed by atoms with Gasteiger partial charge in [-0.05, 0) is 0 Å². The summed E-state index contributed by atoms with van der Waals surface area (Å²) in [7, 11) is -11.0. The quantitative estimate of drug-likeness (QED) is 0.357. The van der Waals surface area contributed by atoms with Gasteiger partial charge in [0.25, 0.3) is 0 Å². The van der Waals surface area contributed by atoms with Crippen molar-refractivity contribution in [2.75, 3.05) is 12.3 Å². The van der Waals surface area contributed by atoms with Crippen molar-refractivity contribution in [2.24, 2.45) is 0 Å². The van der Waals surface area contributed by atoms with Crippen LogP contribution in [0.25, 0.3) is 11.2 Å². The Kier molecular flexibility index (Phi) is 5.33. The molecular weight excluding hydrogens is 415 g/mol. The molecule has 4 unspecified atom stereocenters. The maximum absolute atomic E-state index is 12.5. The minimum Gasteiger partial charge on any atom is -0.387 e. The van der Waals surface area contributed by atoms with Gasteiger partial charge in [-0.1, -0.05) is 0 Å². The molecule has 0 aliphatic carbocycles. The Bertz CT molecular complexity index is 937. The van der Waals surface area contributed by atoms with E-state index >= 15 is 0 Å². The fourth-order valence-electron chi connectivity index (χ4n) is 2.47. The summed E-state index contributed by atoms with van der Waals surface area (Å²) in [5.74, 6) is 0.0738. The first kappa shape index (κ1) is 20.2. The molecular formula is C10H14FN5O9P2. The van der Waals surface area contributed by atoms with Gasteiger partial charge in [-0.3, -0.25) is 14.0 Å². The number of nitrogen functional groups attached to an aromatic ring is 1. The highest BCUT2D eigenvalue weighted by Gasteiger charge is 2.46. The highest BCUT2D eigenvalue weighted by Crippen LogP contribution is 2.60. The molecule has 3 rings (SSSR count). The van der Waals surface area contributed by atoms with E-state index in [1.54, 1.807) is 0 Å². The Morgan fingerprint density at radius 2 is 1.96 bits per heavy atom. The van der Waals surface area contributed by atoms with E-state index in [1.807, 2.05) is 0 Å². The lowest BCUT2D eigenvalue weighted by Crippen LogP contribution is -2.33. The lowest BCUT2D eigenvalue weighted by atomic mass is 10.1. The highest BCUT2D eigenvalue weighted by molar-refractivity contribution is 7.61. The van der Waals surface area contributed by atoms with Gasteiger partial charge >= 0.3 is 15.7 Å². The summed E-state index contributed by atoms with van der Waals surface area (Å²) in [5.41, 5.74) is 6.07. The normalized spacial score (nSPS) is 30.3. The maximum atomic E-state index is 12.5. The van der Waals surface area contributed by atoms with Crippen LogP contribution in [0.1, 0.15) is 6.23 Å². The van der Waals surface area contributed by atoms with Gasteiger partial charge < -0.3 is 25.6 Å². The van der Waals surface area contributed by atoms with Crippen LogP contribution in [-0.2, 0) is 22.7 Å². The molecule has 1 fully saturated rings. The number of hydrogen-bond acceptors (Lipinski definition) is 11.